The predicted octanol–water partition coefficient (Wildman–Crippen LogP) is 3.30. The van der Waals surface area contributed by atoms with Gasteiger partial charge in [0.25, 0.3) is 0 Å². The van der Waals surface area contributed by atoms with Crippen LogP contribution in [-0.2, 0) is 4.79 Å². The molecule has 3 nitrogen and oxygen atoms in total. The van der Waals surface area contributed by atoms with Crippen molar-refractivity contribution in [2.75, 3.05) is 6.54 Å². The van der Waals surface area contributed by atoms with E-state index in [1.165, 1.54) is 18.4 Å². The van der Waals surface area contributed by atoms with Gasteiger partial charge in [-0.3, -0.25) is 4.79 Å². The normalized spacial score (nSPS) is 16.2. The van der Waals surface area contributed by atoms with E-state index in [4.69, 9.17) is 11.6 Å². The molecule has 4 heteroatoms. The van der Waals surface area contributed by atoms with E-state index in [1.54, 1.807) is 0 Å². The van der Waals surface area contributed by atoms with Gasteiger partial charge >= 0.3 is 0 Å². The quantitative estimate of drug-likeness (QED) is 0.810. The average Bonchev–Trinajstić information content (AvgIpc) is 3.19. The molecular formula is C16H23ClN2O. The highest BCUT2D eigenvalue weighted by Crippen LogP contribution is 2.41. The van der Waals surface area contributed by atoms with Crippen LogP contribution in [-0.4, -0.2) is 18.5 Å². The van der Waals surface area contributed by atoms with Gasteiger partial charge < -0.3 is 10.6 Å². The first-order valence-corrected chi connectivity index (χ1v) is 7.72. The van der Waals surface area contributed by atoms with Crippen LogP contribution >= 0.6 is 11.6 Å². The molecule has 0 heterocycles. The Kier molecular flexibility index (Phi) is 5.44. The van der Waals surface area contributed by atoms with E-state index in [-0.39, 0.29) is 11.9 Å². The van der Waals surface area contributed by atoms with Gasteiger partial charge in [-0.05, 0) is 50.3 Å². The fourth-order valence-corrected chi connectivity index (χ4v) is 2.52. The first-order chi connectivity index (χ1) is 9.56. The highest BCUT2D eigenvalue weighted by Gasteiger charge is 2.31. The highest BCUT2D eigenvalue weighted by atomic mass is 35.5. The maximum absolute atomic E-state index is 11.6. The van der Waals surface area contributed by atoms with Gasteiger partial charge in [-0.2, -0.15) is 0 Å². The molecule has 1 aliphatic carbocycles. The third-order valence-electron chi connectivity index (χ3n) is 3.49. The number of hydrogen-bond acceptors (Lipinski definition) is 2. The van der Waals surface area contributed by atoms with Crippen molar-refractivity contribution < 1.29 is 4.79 Å². The van der Waals surface area contributed by atoms with Crippen molar-refractivity contribution in [1.29, 1.82) is 0 Å². The molecule has 1 amide bonds. The van der Waals surface area contributed by atoms with E-state index in [2.05, 4.69) is 22.8 Å². The Balaban J connectivity index is 1.84. The van der Waals surface area contributed by atoms with E-state index in [1.807, 2.05) is 26.0 Å². The van der Waals surface area contributed by atoms with Crippen LogP contribution in [0.5, 0.6) is 0 Å². The van der Waals surface area contributed by atoms with Gasteiger partial charge in [-0.25, -0.2) is 0 Å². The molecule has 0 aromatic heterocycles. The Morgan fingerprint density at radius 2 is 1.95 bits per heavy atom. The number of rotatable bonds is 7. The number of hydrogen-bond donors (Lipinski definition) is 2. The maximum atomic E-state index is 11.6. The lowest BCUT2D eigenvalue weighted by molar-refractivity contribution is -0.121. The molecule has 110 valence electrons. The van der Waals surface area contributed by atoms with E-state index in [0.717, 1.165) is 5.02 Å². The smallest absolute Gasteiger partial charge is 0.221 e. The van der Waals surface area contributed by atoms with E-state index in [0.29, 0.717) is 24.9 Å². The van der Waals surface area contributed by atoms with Crippen LogP contribution in [0.4, 0.5) is 0 Å². The second kappa shape index (κ2) is 7.09. The zero-order valence-electron chi connectivity index (χ0n) is 12.2. The fourth-order valence-electron chi connectivity index (χ4n) is 2.39. The zero-order chi connectivity index (χ0) is 14.5. The van der Waals surface area contributed by atoms with Crippen LogP contribution in [0.3, 0.4) is 0 Å². The Morgan fingerprint density at radius 3 is 2.50 bits per heavy atom. The van der Waals surface area contributed by atoms with Gasteiger partial charge in [0.05, 0.1) is 0 Å². The topological polar surface area (TPSA) is 41.1 Å². The molecule has 1 aromatic carbocycles. The summed E-state index contributed by atoms with van der Waals surface area (Å²) in [6, 6.07) is 8.56. The average molecular weight is 295 g/mol. The summed E-state index contributed by atoms with van der Waals surface area (Å²) >= 11 is 5.93. The number of nitrogens with one attached hydrogen (secondary N) is 2. The third-order valence-corrected chi connectivity index (χ3v) is 3.74. The fraction of sp³-hybridized carbons (Fsp3) is 0.562. The van der Waals surface area contributed by atoms with E-state index >= 15 is 0 Å². The molecule has 1 aromatic rings. The number of halogens is 1. The van der Waals surface area contributed by atoms with Gasteiger partial charge in [-0.15, -0.1) is 0 Å². The van der Waals surface area contributed by atoms with Crippen molar-refractivity contribution >= 4 is 17.5 Å². The highest BCUT2D eigenvalue weighted by molar-refractivity contribution is 6.30. The Hall–Kier alpha value is -1.06. The van der Waals surface area contributed by atoms with Crippen molar-refractivity contribution in [3.05, 3.63) is 34.9 Å². The second-order valence-electron chi connectivity index (χ2n) is 5.79. The molecule has 0 aliphatic heterocycles. The van der Waals surface area contributed by atoms with Crippen molar-refractivity contribution in [3.63, 3.8) is 0 Å². The zero-order valence-corrected chi connectivity index (χ0v) is 12.9. The Labute approximate surface area is 126 Å². The summed E-state index contributed by atoms with van der Waals surface area (Å²) in [5.74, 6) is 0.808. The Bertz CT molecular complexity index is 440. The summed E-state index contributed by atoms with van der Waals surface area (Å²) in [7, 11) is 0. The number of amides is 1. The molecule has 1 aliphatic rings. The minimum atomic E-state index is 0.109. The lowest BCUT2D eigenvalue weighted by Crippen LogP contribution is -2.33. The molecule has 2 N–H and O–H groups in total. The first-order valence-electron chi connectivity index (χ1n) is 7.34. The van der Waals surface area contributed by atoms with E-state index in [9.17, 15) is 4.79 Å². The van der Waals surface area contributed by atoms with E-state index < -0.39 is 0 Å². The molecule has 1 unspecified atom stereocenters. The van der Waals surface area contributed by atoms with Crippen LogP contribution in [0.1, 0.15) is 44.7 Å². The standard InChI is InChI=1S/C16H23ClN2O/c1-11(2)19-15(20)9-10-18-16(12-3-4-12)13-5-7-14(17)8-6-13/h5-8,11-12,16,18H,3-4,9-10H2,1-2H3,(H,19,20). The van der Waals surface area contributed by atoms with Gasteiger partial charge in [-0.1, -0.05) is 23.7 Å². The minimum Gasteiger partial charge on any atom is -0.354 e. The summed E-state index contributed by atoms with van der Waals surface area (Å²) in [6.07, 6.45) is 3.05. The number of carbonyl (C=O) groups is 1. The lowest BCUT2D eigenvalue weighted by Gasteiger charge is -2.19. The SMILES string of the molecule is CC(C)NC(=O)CCNC(c1ccc(Cl)cc1)C1CC1. The molecule has 2 rings (SSSR count). The Morgan fingerprint density at radius 1 is 1.30 bits per heavy atom. The molecular weight excluding hydrogens is 272 g/mol. The first kappa shape index (κ1) is 15.3. The minimum absolute atomic E-state index is 0.109. The van der Waals surface area contributed by atoms with Gasteiger partial charge in [0.1, 0.15) is 0 Å². The predicted molar refractivity (Wildman–Crippen MR) is 82.8 cm³/mol. The summed E-state index contributed by atoms with van der Waals surface area (Å²) in [4.78, 5) is 11.6. The molecule has 0 spiro atoms. The second-order valence-corrected chi connectivity index (χ2v) is 6.23. The summed E-state index contributed by atoms with van der Waals surface area (Å²) < 4.78 is 0. The van der Waals surface area contributed by atoms with Crippen LogP contribution in [0, 0.1) is 5.92 Å². The molecule has 0 saturated heterocycles. The molecule has 0 bridgehead atoms. The number of carbonyl (C=O) groups excluding carboxylic acids is 1. The van der Waals surface area contributed by atoms with Gasteiger partial charge in [0.2, 0.25) is 5.91 Å². The monoisotopic (exact) mass is 294 g/mol. The van der Waals surface area contributed by atoms with Crippen LogP contribution < -0.4 is 10.6 Å². The summed E-state index contributed by atoms with van der Waals surface area (Å²) in [6.45, 7) is 4.67. The van der Waals surface area contributed by atoms with Gasteiger partial charge in [0.15, 0.2) is 0 Å². The largest absolute Gasteiger partial charge is 0.354 e. The molecule has 1 fully saturated rings. The third kappa shape index (κ3) is 4.80. The van der Waals surface area contributed by atoms with Crippen LogP contribution in [0.15, 0.2) is 24.3 Å². The molecule has 1 atom stereocenters. The van der Waals surface area contributed by atoms with Crippen molar-refractivity contribution in [1.82, 2.24) is 10.6 Å². The maximum Gasteiger partial charge on any atom is 0.221 e. The molecule has 0 radical (unpaired) electrons. The van der Waals surface area contributed by atoms with Crippen LogP contribution in [0.2, 0.25) is 5.02 Å². The van der Waals surface area contributed by atoms with Crippen molar-refractivity contribution in [3.8, 4) is 0 Å². The van der Waals surface area contributed by atoms with Crippen molar-refractivity contribution in [2.45, 2.75) is 45.2 Å². The van der Waals surface area contributed by atoms with Gasteiger partial charge in [0, 0.05) is 30.1 Å². The molecule has 1 saturated carbocycles. The summed E-state index contributed by atoms with van der Waals surface area (Å²) in [5, 5.41) is 7.19. The molecule has 20 heavy (non-hydrogen) atoms. The number of benzene rings is 1. The lowest BCUT2D eigenvalue weighted by atomic mass is 10.0. The van der Waals surface area contributed by atoms with Crippen molar-refractivity contribution in [2.24, 2.45) is 5.92 Å². The van der Waals surface area contributed by atoms with Crippen LogP contribution in [0.25, 0.3) is 0 Å². The summed E-state index contributed by atoms with van der Waals surface area (Å²) in [5.41, 5.74) is 1.26.